The van der Waals surface area contributed by atoms with E-state index in [-0.39, 0.29) is 29.2 Å². The number of sulfonamides is 1. The zero-order valence-electron chi connectivity index (χ0n) is 15.1. The molecule has 0 unspecified atom stereocenters. The summed E-state index contributed by atoms with van der Waals surface area (Å²) in [4.78, 5) is 36.5. The Balaban J connectivity index is 1.71. The quantitative estimate of drug-likeness (QED) is 0.749. The summed E-state index contributed by atoms with van der Waals surface area (Å²) in [5.74, 6) is -1.16. The number of nitrogens with one attached hydrogen (secondary N) is 2. The fraction of sp³-hybridized carbons (Fsp3) is 0.294. The second-order valence-corrected chi connectivity index (χ2v) is 8.22. The number of anilines is 2. The summed E-state index contributed by atoms with van der Waals surface area (Å²) in [6.45, 7) is 3.16. The molecule has 2 N–H and O–H groups in total. The molecule has 1 aromatic heterocycles. The molecular weight excluding hydrogens is 388 g/mol. The minimum Gasteiger partial charge on any atom is -0.360 e. The Labute approximate surface area is 160 Å². The number of hydrogen-bond donors (Lipinski definition) is 2. The Morgan fingerprint density at radius 3 is 2.64 bits per heavy atom. The molecule has 1 aliphatic rings. The monoisotopic (exact) mass is 406 g/mol. The van der Waals surface area contributed by atoms with Gasteiger partial charge in [-0.1, -0.05) is 11.2 Å². The third kappa shape index (κ3) is 4.03. The van der Waals surface area contributed by atoms with Gasteiger partial charge in [0.2, 0.25) is 21.8 Å². The van der Waals surface area contributed by atoms with Crippen LogP contribution in [0.5, 0.6) is 0 Å². The van der Waals surface area contributed by atoms with E-state index >= 15 is 0 Å². The number of aromatic nitrogens is 1. The van der Waals surface area contributed by atoms with Gasteiger partial charge in [-0.05, 0) is 32.0 Å². The molecule has 148 valence electrons. The van der Waals surface area contributed by atoms with Gasteiger partial charge in [0.1, 0.15) is 11.8 Å². The zero-order chi connectivity index (χ0) is 20.5. The molecule has 28 heavy (non-hydrogen) atoms. The summed E-state index contributed by atoms with van der Waals surface area (Å²) < 4.78 is 29.6. The first-order chi connectivity index (χ1) is 13.2. The smallest absolute Gasteiger partial charge is 0.251 e. The maximum Gasteiger partial charge on any atom is 0.251 e. The SMILES string of the molecule is Cc1cc(NC(=O)[C@H](C)NC(=O)c2cccc(N3C(=O)CCS3(=O)=O)c2)no1. The van der Waals surface area contributed by atoms with Crippen LogP contribution in [0.2, 0.25) is 0 Å². The molecule has 0 aliphatic carbocycles. The molecule has 1 aliphatic heterocycles. The minimum absolute atomic E-state index is 0.0883. The van der Waals surface area contributed by atoms with Crippen molar-refractivity contribution in [2.24, 2.45) is 0 Å². The number of carbonyl (C=O) groups is 3. The van der Waals surface area contributed by atoms with Gasteiger partial charge < -0.3 is 15.2 Å². The third-order valence-corrected chi connectivity index (χ3v) is 5.73. The van der Waals surface area contributed by atoms with Gasteiger partial charge in [0, 0.05) is 18.1 Å². The molecule has 2 heterocycles. The van der Waals surface area contributed by atoms with Gasteiger partial charge >= 0.3 is 0 Å². The Morgan fingerprint density at radius 1 is 1.29 bits per heavy atom. The number of carbonyl (C=O) groups excluding carboxylic acids is 3. The fourth-order valence-corrected chi connectivity index (χ4v) is 4.10. The molecule has 0 bridgehead atoms. The van der Waals surface area contributed by atoms with Crippen LogP contribution in [0.4, 0.5) is 11.5 Å². The average Bonchev–Trinajstić information content (AvgIpc) is 3.16. The highest BCUT2D eigenvalue weighted by Crippen LogP contribution is 2.25. The lowest BCUT2D eigenvalue weighted by Gasteiger charge is -2.17. The van der Waals surface area contributed by atoms with E-state index in [2.05, 4.69) is 15.8 Å². The Hall–Kier alpha value is -3.21. The normalized spacial score (nSPS) is 16.6. The van der Waals surface area contributed by atoms with Gasteiger partial charge in [-0.25, -0.2) is 12.7 Å². The van der Waals surface area contributed by atoms with Gasteiger partial charge in [-0.15, -0.1) is 0 Å². The van der Waals surface area contributed by atoms with Crippen LogP contribution in [0.15, 0.2) is 34.9 Å². The summed E-state index contributed by atoms with van der Waals surface area (Å²) in [6, 6.07) is 6.28. The van der Waals surface area contributed by atoms with E-state index in [1.54, 1.807) is 6.92 Å². The minimum atomic E-state index is -3.73. The van der Waals surface area contributed by atoms with E-state index in [1.807, 2.05) is 0 Å². The highest BCUT2D eigenvalue weighted by atomic mass is 32.2. The van der Waals surface area contributed by atoms with E-state index in [9.17, 15) is 22.8 Å². The topological polar surface area (TPSA) is 139 Å². The van der Waals surface area contributed by atoms with Crippen LogP contribution < -0.4 is 14.9 Å². The van der Waals surface area contributed by atoms with Gasteiger partial charge in [0.15, 0.2) is 5.82 Å². The van der Waals surface area contributed by atoms with Crippen molar-refractivity contribution in [3.63, 3.8) is 0 Å². The maximum absolute atomic E-state index is 12.4. The first-order valence-corrected chi connectivity index (χ1v) is 9.99. The predicted octanol–water partition coefficient (Wildman–Crippen LogP) is 0.807. The molecule has 11 heteroatoms. The van der Waals surface area contributed by atoms with Crippen molar-refractivity contribution in [1.82, 2.24) is 10.5 Å². The van der Waals surface area contributed by atoms with Crippen molar-refractivity contribution in [2.45, 2.75) is 26.3 Å². The number of amides is 3. The molecule has 2 aromatic rings. The number of nitrogens with zero attached hydrogens (tertiary/aromatic N) is 2. The molecule has 10 nitrogen and oxygen atoms in total. The summed E-state index contributed by atoms with van der Waals surface area (Å²) >= 11 is 0. The highest BCUT2D eigenvalue weighted by Gasteiger charge is 2.36. The molecule has 0 saturated carbocycles. The van der Waals surface area contributed by atoms with Crippen LogP contribution in [-0.2, 0) is 19.6 Å². The van der Waals surface area contributed by atoms with Crippen LogP contribution in [0.25, 0.3) is 0 Å². The van der Waals surface area contributed by atoms with Gasteiger partial charge in [-0.3, -0.25) is 14.4 Å². The molecule has 0 radical (unpaired) electrons. The fourth-order valence-electron chi connectivity index (χ4n) is 2.65. The molecule has 0 spiro atoms. The van der Waals surface area contributed by atoms with Crippen LogP contribution >= 0.6 is 0 Å². The maximum atomic E-state index is 12.4. The van der Waals surface area contributed by atoms with Crippen molar-refractivity contribution in [3.8, 4) is 0 Å². The van der Waals surface area contributed by atoms with E-state index in [1.165, 1.54) is 37.3 Å². The summed E-state index contributed by atoms with van der Waals surface area (Å²) in [5, 5.41) is 8.65. The predicted molar refractivity (Wildman–Crippen MR) is 99.1 cm³/mol. The first-order valence-electron chi connectivity index (χ1n) is 8.38. The Kier molecular flexibility index (Phi) is 5.18. The third-order valence-electron chi connectivity index (χ3n) is 4.04. The number of rotatable bonds is 5. The first kappa shape index (κ1) is 19.5. The standard InChI is InChI=1S/C17H18N4O6S/c1-10-8-14(20-27-10)19-16(23)11(2)18-17(24)12-4-3-5-13(9-12)21-15(22)6-7-28(21,25)26/h3-5,8-9,11H,6-7H2,1-2H3,(H,18,24)(H,19,20,23)/t11-/m0/s1. The van der Waals surface area contributed by atoms with Crippen LogP contribution in [0.1, 0.15) is 29.5 Å². The molecule has 3 rings (SSSR count). The molecule has 1 aromatic carbocycles. The van der Waals surface area contributed by atoms with Crippen molar-refractivity contribution in [3.05, 3.63) is 41.7 Å². The largest absolute Gasteiger partial charge is 0.360 e. The molecule has 3 amide bonds. The van der Waals surface area contributed by atoms with Crippen molar-refractivity contribution in [1.29, 1.82) is 0 Å². The Bertz CT molecular complexity index is 1050. The average molecular weight is 406 g/mol. The van der Waals surface area contributed by atoms with E-state index in [0.717, 1.165) is 0 Å². The zero-order valence-corrected chi connectivity index (χ0v) is 15.9. The number of hydrogen-bond acceptors (Lipinski definition) is 7. The summed E-state index contributed by atoms with van der Waals surface area (Å²) in [5.41, 5.74) is 0.203. The summed E-state index contributed by atoms with van der Waals surface area (Å²) in [6.07, 6.45) is -0.0997. The molecule has 1 atom stereocenters. The van der Waals surface area contributed by atoms with Crippen molar-refractivity contribution in [2.75, 3.05) is 15.4 Å². The lowest BCUT2D eigenvalue weighted by molar-refractivity contribution is -0.118. The highest BCUT2D eigenvalue weighted by molar-refractivity contribution is 7.94. The van der Waals surface area contributed by atoms with Crippen molar-refractivity contribution < 1.29 is 27.3 Å². The van der Waals surface area contributed by atoms with Crippen molar-refractivity contribution >= 4 is 39.3 Å². The Morgan fingerprint density at radius 2 is 2.04 bits per heavy atom. The number of aryl methyl sites for hydroxylation is 1. The summed E-state index contributed by atoms with van der Waals surface area (Å²) in [7, 11) is -3.73. The lowest BCUT2D eigenvalue weighted by atomic mass is 10.1. The van der Waals surface area contributed by atoms with Gasteiger partial charge in [0.25, 0.3) is 5.91 Å². The second-order valence-electron chi connectivity index (χ2n) is 6.28. The number of benzene rings is 1. The molecule has 1 fully saturated rings. The van der Waals surface area contributed by atoms with Crippen LogP contribution in [0, 0.1) is 6.92 Å². The van der Waals surface area contributed by atoms with Gasteiger partial charge in [-0.2, -0.15) is 0 Å². The van der Waals surface area contributed by atoms with Crippen LogP contribution in [-0.4, -0.2) is 43.1 Å². The van der Waals surface area contributed by atoms with Gasteiger partial charge in [0.05, 0.1) is 11.4 Å². The van der Waals surface area contributed by atoms with E-state index in [0.29, 0.717) is 10.1 Å². The lowest BCUT2D eigenvalue weighted by Crippen LogP contribution is -2.41. The van der Waals surface area contributed by atoms with E-state index < -0.39 is 33.8 Å². The van der Waals surface area contributed by atoms with E-state index in [4.69, 9.17) is 4.52 Å². The molecular formula is C17H18N4O6S. The molecule has 1 saturated heterocycles. The second kappa shape index (κ2) is 7.43. The van der Waals surface area contributed by atoms with Crippen LogP contribution in [0.3, 0.4) is 0 Å².